The van der Waals surface area contributed by atoms with E-state index in [4.69, 9.17) is 14.6 Å². The molecule has 134 valence electrons. The lowest BCUT2D eigenvalue weighted by atomic mass is 10.1. The number of nitrogens with zero attached hydrogens (tertiary/aromatic N) is 1. The molecule has 26 heavy (non-hydrogen) atoms. The zero-order valence-corrected chi connectivity index (χ0v) is 14.8. The minimum atomic E-state index is -0.811. The number of aryl methyl sites for hydroxylation is 1. The molecule has 0 amide bonds. The first-order valence-corrected chi connectivity index (χ1v) is 8.33. The highest BCUT2D eigenvalue weighted by atomic mass is 16.5. The summed E-state index contributed by atoms with van der Waals surface area (Å²) in [5.41, 5.74) is 3.88. The van der Waals surface area contributed by atoms with Gasteiger partial charge in [-0.15, -0.1) is 0 Å². The van der Waals surface area contributed by atoms with Crippen LogP contribution in [0.25, 0.3) is 16.9 Å². The maximum atomic E-state index is 11.0. The summed E-state index contributed by atoms with van der Waals surface area (Å²) in [4.78, 5) is 11.0. The average molecular weight is 351 g/mol. The number of hydrogen-bond acceptors (Lipinski definition) is 3. The van der Waals surface area contributed by atoms with Crippen molar-refractivity contribution in [3.63, 3.8) is 0 Å². The van der Waals surface area contributed by atoms with Gasteiger partial charge in [-0.25, -0.2) is 0 Å². The van der Waals surface area contributed by atoms with Gasteiger partial charge < -0.3 is 19.1 Å². The number of ether oxygens (including phenoxy) is 2. The van der Waals surface area contributed by atoms with E-state index in [1.54, 1.807) is 14.2 Å². The number of benzene rings is 2. The molecule has 0 spiro atoms. The monoisotopic (exact) mass is 351 g/mol. The van der Waals surface area contributed by atoms with Crippen LogP contribution in [-0.2, 0) is 11.2 Å². The molecule has 5 heteroatoms. The standard InChI is InChI=1S/C21H21NO4/c1-25-18-10-6-15(7-11-18)20-12-8-16(9-13-21(23)24)22(20)17-4-3-5-19(14-17)26-2/h3-8,10-12,14H,9,13H2,1-2H3,(H,23,24). The maximum absolute atomic E-state index is 11.0. The first-order chi connectivity index (χ1) is 12.6. The average Bonchev–Trinajstić information content (AvgIpc) is 3.10. The van der Waals surface area contributed by atoms with Gasteiger partial charge in [0.2, 0.25) is 0 Å². The third kappa shape index (κ3) is 3.72. The lowest BCUT2D eigenvalue weighted by Gasteiger charge is -2.15. The van der Waals surface area contributed by atoms with Crippen LogP contribution in [0.1, 0.15) is 12.1 Å². The summed E-state index contributed by atoms with van der Waals surface area (Å²) in [6.45, 7) is 0. The molecule has 0 aliphatic heterocycles. The Morgan fingerprint density at radius 3 is 2.35 bits per heavy atom. The second-order valence-corrected chi connectivity index (χ2v) is 5.87. The van der Waals surface area contributed by atoms with Crippen LogP contribution < -0.4 is 9.47 Å². The van der Waals surface area contributed by atoms with Gasteiger partial charge in [0.1, 0.15) is 11.5 Å². The van der Waals surface area contributed by atoms with Crippen LogP contribution in [0.15, 0.2) is 60.7 Å². The second-order valence-electron chi connectivity index (χ2n) is 5.87. The molecule has 1 N–H and O–H groups in total. The molecule has 0 atom stereocenters. The number of aliphatic carboxylic acids is 1. The van der Waals surface area contributed by atoms with E-state index in [1.165, 1.54) is 0 Å². The molecular weight excluding hydrogens is 330 g/mol. The van der Waals surface area contributed by atoms with Gasteiger partial charge in [0.15, 0.2) is 0 Å². The largest absolute Gasteiger partial charge is 0.497 e. The van der Waals surface area contributed by atoms with E-state index in [1.807, 2.05) is 60.7 Å². The molecule has 0 radical (unpaired) electrons. The van der Waals surface area contributed by atoms with Crippen LogP contribution in [0.2, 0.25) is 0 Å². The van der Waals surface area contributed by atoms with Gasteiger partial charge in [0, 0.05) is 17.4 Å². The molecule has 0 aliphatic carbocycles. The molecule has 3 aromatic rings. The molecule has 3 rings (SSSR count). The molecule has 1 aromatic heterocycles. The Morgan fingerprint density at radius 1 is 0.962 bits per heavy atom. The molecule has 0 bridgehead atoms. The molecule has 1 heterocycles. The van der Waals surface area contributed by atoms with Crippen molar-refractivity contribution < 1.29 is 19.4 Å². The van der Waals surface area contributed by atoms with E-state index in [0.717, 1.165) is 34.1 Å². The van der Waals surface area contributed by atoms with Crippen LogP contribution >= 0.6 is 0 Å². The molecule has 0 saturated heterocycles. The summed E-state index contributed by atoms with van der Waals surface area (Å²) < 4.78 is 12.7. The lowest BCUT2D eigenvalue weighted by Crippen LogP contribution is -2.05. The molecule has 0 saturated carbocycles. The van der Waals surface area contributed by atoms with E-state index >= 15 is 0 Å². The highest BCUT2D eigenvalue weighted by Gasteiger charge is 2.14. The smallest absolute Gasteiger partial charge is 0.303 e. The Balaban J connectivity index is 2.09. The van der Waals surface area contributed by atoms with Gasteiger partial charge in [-0.1, -0.05) is 6.07 Å². The highest BCUT2D eigenvalue weighted by Crippen LogP contribution is 2.30. The van der Waals surface area contributed by atoms with Crippen molar-refractivity contribution in [2.75, 3.05) is 14.2 Å². The Bertz CT molecular complexity index is 897. The topological polar surface area (TPSA) is 60.7 Å². The van der Waals surface area contributed by atoms with E-state index in [0.29, 0.717) is 6.42 Å². The number of methoxy groups -OCH3 is 2. The highest BCUT2D eigenvalue weighted by molar-refractivity contribution is 5.68. The van der Waals surface area contributed by atoms with E-state index in [2.05, 4.69) is 4.57 Å². The first kappa shape index (κ1) is 17.6. The predicted molar refractivity (Wildman–Crippen MR) is 100 cm³/mol. The minimum absolute atomic E-state index is 0.0794. The van der Waals surface area contributed by atoms with Gasteiger partial charge in [-0.05, 0) is 60.5 Å². The van der Waals surface area contributed by atoms with Crippen LogP contribution in [-0.4, -0.2) is 29.9 Å². The van der Waals surface area contributed by atoms with Crippen molar-refractivity contribution in [2.24, 2.45) is 0 Å². The number of carboxylic acid groups (broad SMARTS) is 1. The normalized spacial score (nSPS) is 10.5. The van der Waals surface area contributed by atoms with E-state index in [9.17, 15) is 4.79 Å². The molecule has 0 aliphatic rings. The molecule has 0 unspecified atom stereocenters. The number of carbonyl (C=O) groups is 1. The molecule has 0 fully saturated rings. The lowest BCUT2D eigenvalue weighted by molar-refractivity contribution is -0.136. The molecule has 2 aromatic carbocycles. The molecule has 5 nitrogen and oxygen atoms in total. The van der Waals surface area contributed by atoms with Gasteiger partial charge in [-0.2, -0.15) is 0 Å². The van der Waals surface area contributed by atoms with Crippen LogP contribution in [0.3, 0.4) is 0 Å². The number of carboxylic acids is 1. The number of hydrogen-bond donors (Lipinski definition) is 1. The Hall–Kier alpha value is -3.21. The number of rotatable bonds is 7. The fourth-order valence-electron chi connectivity index (χ4n) is 2.95. The van der Waals surface area contributed by atoms with Crippen molar-refractivity contribution in [2.45, 2.75) is 12.8 Å². The van der Waals surface area contributed by atoms with Crippen molar-refractivity contribution in [3.8, 4) is 28.4 Å². The third-order valence-electron chi connectivity index (χ3n) is 4.25. The quantitative estimate of drug-likeness (QED) is 0.694. The zero-order chi connectivity index (χ0) is 18.5. The van der Waals surface area contributed by atoms with E-state index in [-0.39, 0.29) is 6.42 Å². The van der Waals surface area contributed by atoms with Gasteiger partial charge in [0.05, 0.1) is 26.3 Å². The zero-order valence-electron chi connectivity index (χ0n) is 14.8. The van der Waals surface area contributed by atoms with Crippen molar-refractivity contribution in [3.05, 3.63) is 66.4 Å². The number of aromatic nitrogens is 1. The SMILES string of the molecule is COc1ccc(-c2ccc(CCC(=O)O)n2-c2cccc(OC)c2)cc1. The fourth-order valence-corrected chi connectivity index (χ4v) is 2.95. The summed E-state index contributed by atoms with van der Waals surface area (Å²) in [5.74, 6) is 0.731. The van der Waals surface area contributed by atoms with Gasteiger partial charge >= 0.3 is 5.97 Å². The van der Waals surface area contributed by atoms with Gasteiger partial charge in [-0.3, -0.25) is 4.79 Å². The Morgan fingerprint density at radius 2 is 1.69 bits per heavy atom. The summed E-state index contributed by atoms with van der Waals surface area (Å²) in [5, 5.41) is 9.06. The van der Waals surface area contributed by atoms with Crippen LogP contribution in [0, 0.1) is 0 Å². The molecular formula is C21H21NO4. The summed E-state index contributed by atoms with van der Waals surface area (Å²) in [6, 6.07) is 19.5. The van der Waals surface area contributed by atoms with Crippen molar-refractivity contribution in [1.82, 2.24) is 4.57 Å². The van der Waals surface area contributed by atoms with Crippen molar-refractivity contribution in [1.29, 1.82) is 0 Å². The van der Waals surface area contributed by atoms with Crippen LogP contribution in [0.5, 0.6) is 11.5 Å². The van der Waals surface area contributed by atoms with Gasteiger partial charge in [0.25, 0.3) is 0 Å². The fraction of sp³-hybridized carbons (Fsp3) is 0.190. The van der Waals surface area contributed by atoms with E-state index < -0.39 is 5.97 Å². The second kappa shape index (κ2) is 7.78. The third-order valence-corrected chi connectivity index (χ3v) is 4.25. The summed E-state index contributed by atoms with van der Waals surface area (Å²) in [7, 11) is 3.27. The summed E-state index contributed by atoms with van der Waals surface area (Å²) in [6.07, 6.45) is 0.527. The Labute approximate surface area is 152 Å². The summed E-state index contributed by atoms with van der Waals surface area (Å²) >= 11 is 0. The van der Waals surface area contributed by atoms with Crippen molar-refractivity contribution >= 4 is 5.97 Å². The minimum Gasteiger partial charge on any atom is -0.497 e. The first-order valence-electron chi connectivity index (χ1n) is 8.33. The predicted octanol–water partition coefficient (Wildman–Crippen LogP) is 4.18. The Kier molecular flexibility index (Phi) is 5.27. The van der Waals surface area contributed by atoms with Crippen LogP contribution in [0.4, 0.5) is 0 Å². The maximum Gasteiger partial charge on any atom is 0.303 e.